The van der Waals surface area contributed by atoms with Gasteiger partial charge in [0.15, 0.2) is 0 Å². The average Bonchev–Trinajstić information content (AvgIpc) is 2.47. The molecule has 19 heavy (non-hydrogen) atoms. The third-order valence-electron chi connectivity index (χ3n) is 3.62. The number of hydrogen-bond acceptors (Lipinski definition) is 2. The molecule has 1 rings (SSSR count). The molecule has 0 aliphatic rings. The molecule has 108 valence electrons. The van der Waals surface area contributed by atoms with Crippen LogP contribution in [0.4, 0.5) is 0 Å². The standard InChI is InChI=1S/C17H29NO/c1-3-4-12-17(16-10-6-5-7-11-16)18-13-8-9-15(2)14-19/h5-7,10-11,15,17-19H,3-4,8-9,12-14H2,1-2H3. The van der Waals surface area contributed by atoms with Crippen molar-refractivity contribution in [2.45, 2.75) is 52.0 Å². The molecule has 0 radical (unpaired) electrons. The van der Waals surface area contributed by atoms with Crippen LogP contribution in [0.25, 0.3) is 0 Å². The second kappa shape index (κ2) is 9.99. The Kier molecular flexibility index (Phi) is 8.52. The zero-order valence-corrected chi connectivity index (χ0v) is 12.4. The molecule has 0 aliphatic carbocycles. The van der Waals surface area contributed by atoms with E-state index in [1.54, 1.807) is 0 Å². The van der Waals surface area contributed by atoms with Gasteiger partial charge in [0.1, 0.15) is 0 Å². The summed E-state index contributed by atoms with van der Waals surface area (Å²) in [5.74, 6) is 0.424. The van der Waals surface area contributed by atoms with Crippen molar-refractivity contribution in [1.29, 1.82) is 0 Å². The summed E-state index contributed by atoms with van der Waals surface area (Å²) >= 11 is 0. The van der Waals surface area contributed by atoms with Crippen molar-refractivity contribution < 1.29 is 5.11 Å². The Labute approximate surface area is 118 Å². The Morgan fingerprint density at radius 2 is 1.84 bits per heavy atom. The molecule has 0 amide bonds. The number of unbranched alkanes of at least 4 members (excludes halogenated alkanes) is 1. The van der Waals surface area contributed by atoms with Gasteiger partial charge in [-0.05, 0) is 37.3 Å². The topological polar surface area (TPSA) is 32.3 Å². The quantitative estimate of drug-likeness (QED) is 0.627. The molecule has 0 aliphatic heterocycles. The average molecular weight is 263 g/mol. The molecule has 2 heteroatoms. The van der Waals surface area contributed by atoms with E-state index < -0.39 is 0 Å². The maximum atomic E-state index is 9.02. The highest BCUT2D eigenvalue weighted by atomic mass is 16.3. The number of benzene rings is 1. The first-order chi connectivity index (χ1) is 9.27. The molecule has 0 aromatic heterocycles. The van der Waals surface area contributed by atoms with E-state index in [-0.39, 0.29) is 0 Å². The number of nitrogens with one attached hydrogen (secondary N) is 1. The van der Waals surface area contributed by atoms with E-state index in [1.165, 1.54) is 24.8 Å². The van der Waals surface area contributed by atoms with Crippen molar-refractivity contribution >= 4 is 0 Å². The normalized spacial score (nSPS) is 14.3. The molecular formula is C17H29NO. The summed E-state index contributed by atoms with van der Waals surface area (Å²) in [6.07, 6.45) is 5.94. The molecule has 1 aromatic carbocycles. The first kappa shape index (κ1) is 16.2. The molecule has 0 heterocycles. The fourth-order valence-corrected chi connectivity index (χ4v) is 2.30. The van der Waals surface area contributed by atoms with Crippen molar-refractivity contribution in [1.82, 2.24) is 5.32 Å². The van der Waals surface area contributed by atoms with E-state index in [2.05, 4.69) is 49.5 Å². The van der Waals surface area contributed by atoms with E-state index in [0.29, 0.717) is 18.6 Å². The monoisotopic (exact) mass is 263 g/mol. The van der Waals surface area contributed by atoms with Gasteiger partial charge in [0.2, 0.25) is 0 Å². The van der Waals surface area contributed by atoms with Crippen molar-refractivity contribution in [2.24, 2.45) is 5.92 Å². The fourth-order valence-electron chi connectivity index (χ4n) is 2.30. The lowest BCUT2D eigenvalue weighted by atomic mass is 10.0. The summed E-state index contributed by atoms with van der Waals surface area (Å²) in [6.45, 7) is 5.68. The van der Waals surface area contributed by atoms with E-state index in [0.717, 1.165) is 19.4 Å². The molecule has 2 nitrogen and oxygen atoms in total. The largest absolute Gasteiger partial charge is 0.396 e. The maximum absolute atomic E-state index is 9.02. The lowest BCUT2D eigenvalue weighted by Gasteiger charge is -2.19. The van der Waals surface area contributed by atoms with Gasteiger partial charge < -0.3 is 10.4 Å². The lowest BCUT2D eigenvalue weighted by molar-refractivity contribution is 0.227. The van der Waals surface area contributed by atoms with Crippen LogP contribution in [0.3, 0.4) is 0 Å². The van der Waals surface area contributed by atoms with Gasteiger partial charge in [-0.3, -0.25) is 0 Å². The van der Waals surface area contributed by atoms with Gasteiger partial charge in [-0.15, -0.1) is 0 Å². The Morgan fingerprint density at radius 3 is 2.47 bits per heavy atom. The molecule has 2 unspecified atom stereocenters. The molecule has 0 saturated carbocycles. The van der Waals surface area contributed by atoms with Gasteiger partial charge >= 0.3 is 0 Å². The minimum atomic E-state index is 0.304. The van der Waals surface area contributed by atoms with E-state index in [4.69, 9.17) is 5.11 Å². The number of aliphatic hydroxyl groups is 1. The maximum Gasteiger partial charge on any atom is 0.0456 e. The smallest absolute Gasteiger partial charge is 0.0456 e. The second-order valence-corrected chi connectivity index (χ2v) is 5.49. The van der Waals surface area contributed by atoms with E-state index >= 15 is 0 Å². The van der Waals surface area contributed by atoms with Crippen LogP contribution in [-0.4, -0.2) is 18.3 Å². The van der Waals surface area contributed by atoms with Crippen LogP contribution in [0, 0.1) is 5.92 Å². The van der Waals surface area contributed by atoms with Crippen molar-refractivity contribution in [3.8, 4) is 0 Å². The van der Waals surface area contributed by atoms with Gasteiger partial charge in [0, 0.05) is 12.6 Å². The van der Waals surface area contributed by atoms with Crippen LogP contribution in [0.2, 0.25) is 0 Å². The fraction of sp³-hybridized carbons (Fsp3) is 0.647. The molecule has 0 bridgehead atoms. The second-order valence-electron chi connectivity index (χ2n) is 5.49. The zero-order valence-electron chi connectivity index (χ0n) is 12.4. The Balaban J connectivity index is 2.38. The molecule has 0 saturated heterocycles. The number of hydrogen-bond donors (Lipinski definition) is 2. The molecule has 1 aromatic rings. The summed E-state index contributed by atoms with van der Waals surface area (Å²) in [5.41, 5.74) is 1.39. The van der Waals surface area contributed by atoms with Crippen LogP contribution < -0.4 is 5.32 Å². The summed E-state index contributed by atoms with van der Waals surface area (Å²) in [7, 11) is 0. The summed E-state index contributed by atoms with van der Waals surface area (Å²) < 4.78 is 0. The van der Waals surface area contributed by atoms with Crippen LogP contribution in [0.1, 0.15) is 57.6 Å². The van der Waals surface area contributed by atoms with Crippen molar-refractivity contribution in [2.75, 3.05) is 13.2 Å². The SMILES string of the molecule is CCCCC(NCCCC(C)CO)c1ccccc1. The molecule has 2 N–H and O–H groups in total. The molecule has 2 atom stereocenters. The van der Waals surface area contributed by atoms with Crippen molar-refractivity contribution in [3.63, 3.8) is 0 Å². The molecule has 0 fully saturated rings. The van der Waals surface area contributed by atoms with Gasteiger partial charge in [-0.25, -0.2) is 0 Å². The first-order valence-corrected chi connectivity index (χ1v) is 7.67. The summed E-state index contributed by atoms with van der Waals surface area (Å²) in [6, 6.07) is 11.2. The Bertz CT molecular complexity index is 312. The predicted molar refractivity (Wildman–Crippen MR) is 82.2 cm³/mol. The lowest BCUT2D eigenvalue weighted by Crippen LogP contribution is -2.23. The minimum Gasteiger partial charge on any atom is -0.396 e. The third-order valence-corrected chi connectivity index (χ3v) is 3.62. The summed E-state index contributed by atoms with van der Waals surface area (Å²) in [4.78, 5) is 0. The van der Waals surface area contributed by atoms with Crippen LogP contribution in [0.15, 0.2) is 30.3 Å². The van der Waals surface area contributed by atoms with E-state index in [1.807, 2.05) is 0 Å². The molecule has 0 spiro atoms. The number of rotatable bonds is 10. The van der Waals surface area contributed by atoms with Crippen LogP contribution in [0.5, 0.6) is 0 Å². The van der Waals surface area contributed by atoms with Gasteiger partial charge in [0.25, 0.3) is 0 Å². The molecular weight excluding hydrogens is 234 g/mol. The van der Waals surface area contributed by atoms with Gasteiger partial charge in [0.05, 0.1) is 0 Å². The Hall–Kier alpha value is -0.860. The van der Waals surface area contributed by atoms with Gasteiger partial charge in [-0.2, -0.15) is 0 Å². The minimum absolute atomic E-state index is 0.304. The first-order valence-electron chi connectivity index (χ1n) is 7.67. The third kappa shape index (κ3) is 6.74. The van der Waals surface area contributed by atoms with Crippen molar-refractivity contribution in [3.05, 3.63) is 35.9 Å². The highest BCUT2D eigenvalue weighted by Crippen LogP contribution is 2.19. The number of aliphatic hydroxyl groups excluding tert-OH is 1. The highest BCUT2D eigenvalue weighted by molar-refractivity contribution is 5.18. The zero-order chi connectivity index (χ0) is 13.9. The van der Waals surface area contributed by atoms with Crippen LogP contribution in [-0.2, 0) is 0 Å². The summed E-state index contributed by atoms with van der Waals surface area (Å²) in [5, 5.41) is 12.7. The highest BCUT2D eigenvalue weighted by Gasteiger charge is 2.09. The van der Waals surface area contributed by atoms with E-state index in [9.17, 15) is 0 Å². The predicted octanol–water partition coefficient (Wildman–Crippen LogP) is 3.92. The van der Waals surface area contributed by atoms with Crippen LogP contribution >= 0.6 is 0 Å². The van der Waals surface area contributed by atoms with Gasteiger partial charge in [-0.1, -0.05) is 57.0 Å². The Morgan fingerprint density at radius 1 is 1.11 bits per heavy atom.